The summed E-state index contributed by atoms with van der Waals surface area (Å²) in [4.78, 5) is 10.5. The lowest BCUT2D eigenvalue weighted by Gasteiger charge is -2.21. The van der Waals surface area contributed by atoms with Crippen LogP contribution in [0, 0.1) is 11.7 Å². The lowest BCUT2D eigenvalue weighted by atomic mass is 10.1. The molecular formula is C18H24FN5O. The molecule has 3 rings (SSSR count). The number of rotatable bonds is 5. The fraction of sp³-hybridized carbons (Fsp3) is 0.444. The number of likely N-dealkylation sites (tertiary alicyclic amines) is 1. The van der Waals surface area contributed by atoms with Crippen LogP contribution in [0.1, 0.15) is 12.0 Å². The molecule has 0 radical (unpaired) electrons. The van der Waals surface area contributed by atoms with E-state index in [1.54, 1.807) is 49.6 Å². The molecule has 1 fully saturated rings. The van der Waals surface area contributed by atoms with Crippen LogP contribution in [0.15, 0.2) is 41.9 Å². The van der Waals surface area contributed by atoms with Crippen LogP contribution >= 0.6 is 0 Å². The van der Waals surface area contributed by atoms with Gasteiger partial charge in [-0.15, -0.1) is 0 Å². The number of hydrogen-bond donors (Lipinski definition) is 1. The van der Waals surface area contributed by atoms with Crippen LogP contribution in [-0.2, 0) is 11.3 Å². The van der Waals surface area contributed by atoms with Gasteiger partial charge in [0.25, 0.3) is 0 Å². The molecule has 1 aromatic heterocycles. The highest BCUT2D eigenvalue weighted by atomic mass is 19.1. The third-order valence-electron chi connectivity index (χ3n) is 4.44. The van der Waals surface area contributed by atoms with E-state index in [2.05, 4.69) is 20.2 Å². The Morgan fingerprint density at radius 1 is 1.48 bits per heavy atom. The molecule has 7 heteroatoms. The van der Waals surface area contributed by atoms with Crippen LogP contribution in [-0.4, -0.2) is 54.3 Å². The largest absolute Gasteiger partial charge is 0.384 e. The van der Waals surface area contributed by atoms with Gasteiger partial charge in [-0.25, -0.2) is 9.37 Å². The first kappa shape index (κ1) is 17.4. The molecule has 6 nitrogen and oxygen atoms in total. The number of nitrogens with one attached hydrogen (secondary N) is 1. The van der Waals surface area contributed by atoms with Crippen molar-refractivity contribution in [2.24, 2.45) is 10.9 Å². The Labute approximate surface area is 147 Å². The summed E-state index contributed by atoms with van der Waals surface area (Å²) < 4.78 is 21.2. The number of imidazole rings is 1. The van der Waals surface area contributed by atoms with Gasteiger partial charge in [0.05, 0.1) is 18.6 Å². The third kappa shape index (κ3) is 4.17. The quantitative estimate of drug-likeness (QED) is 0.666. The topological polar surface area (TPSA) is 54.7 Å². The smallest absolute Gasteiger partial charge is 0.193 e. The molecule has 2 aromatic rings. The summed E-state index contributed by atoms with van der Waals surface area (Å²) >= 11 is 0. The molecule has 1 N–H and O–H groups in total. The average molecular weight is 345 g/mol. The van der Waals surface area contributed by atoms with E-state index in [1.165, 1.54) is 0 Å². The molecule has 1 saturated heterocycles. The van der Waals surface area contributed by atoms with E-state index >= 15 is 0 Å². The second-order valence-corrected chi connectivity index (χ2v) is 6.21. The normalized spacial score (nSPS) is 18.0. The minimum atomic E-state index is -0.270. The number of hydrogen-bond acceptors (Lipinski definition) is 3. The average Bonchev–Trinajstić information content (AvgIpc) is 3.28. The number of guanidine groups is 1. The monoisotopic (exact) mass is 345 g/mol. The fourth-order valence-electron chi connectivity index (χ4n) is 3.18. The number of methoxy groups -OCH3 is 1. The first-order valence-electron chi connectivity index (χ1n) is 8.42. The second-order valence-electron chi connectivity index (χ2n) is 6.21. The Morgan fingerprint density at radius 2 is 2.36 bits per heavy atom. The summed E-state index contributed by atoms with van der Waals surface area (Å²) in [6.45, 7) is 3.19. The predicted octanol–water partition coefficient (Wildman–Crippen LogP) is 2.06. The Morgan fingerprint density at radius 3 is 3.04 bits per heavy atom. The highest BCUT2D eigenvalue weighted by Crippen LogP contribution is 2.17. The molecule has 134 valence electrons. The van der Waals surface area contributed by atoms with E-state index in [4.69, 9.17) is 4.74 Å². The Kier molecular flexibility index (Phi) is 5.65. The fourth-order valence-corrected chi connectivity index (χ4v) is 3.18. The van der Waals surface area contributed by atoms with Crippen LogP contribution in [0.25, 0.3) is 5.69 Å². The molecule has 1 unspecified atom stereocenters. The van der Waals surface area contributed by atoms with Crippen molar-refractivity contribution < 1.29 is 9.13 Å². The van der Waals surface area contributed by atoms with Gasteiger partial charge < -0.3 is 19.5 Å². The minimum absolute atomic E-state index is 0.270. The summed E-state index contributed by atoms with van der Waals surface area (Å²) in [6, 6.07) is 5.23. The van der Waals surface area contributed by atoms with E-state index < -0.39 is 0 Å². The SMILES string of the molecule is CN=C(NCc1ccc(-n2ccnc2)c(F)c1)N1CCC(COC)C1. The number of aromatic nitrogens is 2. The van der Waals surface area contributed by atoms with Crippen molar-refractivity contribution in [1.29, 1.82) is 0 Å². The zero-order valence-electron chi connectivity index (χ0n) is 14.7. The van der Waals surface area contributed by atoms with Gasteiger partial charge in [-0.05, 0) is 24.1 Å². The third-order valence-corrected chi connectivity index (χ3v) is 4.44. The van der Waals surface area contributed by atoms with Gasteiger partial charge in [0, 0.05) is 52.1 Å². The molecular weight excluding hydrogens is 321 g/mol. The summed E-state index contributed by atoms with van der Waals surface area (Å²) in [6.07, 6.45) is 6.04. The van der Waals surface area contributed by atoms with Gasteiger partial charge in [-0.3, -0.25) is 4.99 Å². The van der Waals surface area contributed by atoms with Crippen LogP contribution in [0.3, 0.4) is 0 Å². The Bertz CT molecular complexity index is 716. The molecule has 1 aliphatic heterocycles. The van der Waals surface area contributed by atoms with Crippen molar-refractivity contribution in [1.82, 2.24) is 19.8 Å². The minimum Gasteiger partial charge on any atom is -0.384 e. The molecule has 0 spiro atoms. The molecule has 0 aliphatic carbocycles. The van der Waals surface area contributed by atoms with Crippen molar-refractivity contribution in [2.45, 2.75) is 13.0 Å². The highest BCUT2D eigenvalue weighted by molar-refractivity contribution is 5.80. The Hall–Kier alpha value is -2.41. The van der Waals surface area contributed by atoms with Crippen molar-refractivity contribution in [3.05, 3.63) is 48.3 Å². The maximum Gasteiger partial charge on any atom is 0.193 e. The zero-order valence-corrected chi connectivity index (χ0v) is 14.7. The van der Waals surface area contributed by atoms with Crippen molar-refractivity contribution >= 4 is 5.96 Å². The van der Waals surface area contributed by atoms with Gasteiger partial charge in [0.1, 0.15) is 5.82 Å². The number of ether oxygens (including phenoxy) is 1. The maximum absolute atomic E-state index is 14.3. The molecule has 0 amide bonds. The summed E-state index contributed by atoms with van der Waals surface area (Å²) in [7, 11) is 3.51. The molecule has 25 heavy (non-hydrogen) atoms. The first-order chi connectivity index (χ1) is 12.2. The number of halogens is 1. The van der Waals surface area contributed by atoms with Gasteiger partial charge in [-0.2, -0.15) is 0 Å². The van der Waals surface area contributed by atoms with Crippen molar-refractivity contribution in [3.8, 4) is 5.69 Å². The van der Waals surface area contributed by atoms with Crippen LogP contribution in [0.5, 0.6) is 0 Å². The van der Waals surface area contributed by atoms with Gasteiger partial charge in [0.2, 0.25) is 0 Å². The number of benzene rings is 1. The lowest BCUT2D eigenvalue weighted by Crippen LogP contribution is -2.39. The van der Waals surface area contributed by atoms with E-state index in [1.807, 2.05) is 6.07 Å². The van der Waals surface area contributed by atoms with Gasteiger partial charge in [-0.1, -0.05) is 6.07 Å². The van der Waals surface area contributed by atoms with E-state index in [-0.39, 0.29) is 5.82 Å². The van der Waals surface area contributed by atoms with Crippen LogP contribution < -0.4 is 5.32 Å². The predicted molar refractivity (Wildman–Crippen MR) is 95.3 cm³/mol. The van der Waals surface area contributed by atoms with E-state index in [0.717, 1.165) is 37.6 Å². The standard InChI is InChI=1S/C18H24FN5O/c1-20-18(23-7-5-15(11-23)12-25-2)22-10-14-3-4-17(16(19)9-14)24-8-6-21-13-24/h3-4,6,8-9,13,15H,5,7,10-12H2,1-2H3,(H,20,22). The first-order valence-corrected chi connectivity index (χ1v) is 8.42. The molecule has 1 aromatic carbocycles. The number of nitrogens with zero attached hydrogens (tertiary/aromatic N) is 4. The second kappa shape index (κ2) is 8.11. The van der Waals surface area contributed by atoms with Crippen LogP contribution in [0.4, 0.5) is 4.39 Å². The van der Waals surface area contributed by atoms with Crippen molar-refractivity contribution in [3.63, 3.8) is 0 Å². The van der Waals surface area contributed by atoms with E-state index in [0.29, 0.717) is 18.2 Å². The lowest BCUT2D eigenvalue weighted by molar-refractivity contribution is 0.157. The Balaban J connectivity index is 1.60. The molecule has 2 heterocycles. The molecule has 0 saturated carbocycles. The summed E-state index contributed by atoms with van der Waals surface area (Å²) in [5.41, 5.74) is 1.36. The summed E-state index contributed by atoms with van der Waals surface area (Å²) in [5, 5.41) is 3.32. The summed E-state index contributed by atoms with van der Waals surface area (Å²) in [5.74, 6) is 1.11. The number of aliphatic imine (C=N–C) groups is 1. The highest BCUT2D eigenvalue weighted by Gasteiger charge is 2.24. The maximum atomic E-state index is 14.3. The van der Waals surface area contributed by atoms with Crippen molar-refractivity contribution in [2.75, 3.05) is 33.9 Å². The molecule has 1 atom stereocenters. The van der Waals surface area contributed by atoms with Gasteiger partial charge in [0.15, 0.2) is 5.96 Å². The molecule has 0 bridgehead atoms. The van der Waals surface area contributed by atoms with E-state index in [9.17, 15) is 4.39 Å². The van der Waals surface area contributed by atoms with Gasteiger partial charge >= 0.3 is 0 Å². The molecule has 1 aliphatic rings. The zero-order chi connectivity index (χ0) is 17.6. The van der Waals surface area contributed by atoms with Crippen LogP contribution in [0.2, 0.25) is 0 Å².